The van der Waals surface area contributed by atoms with Gasteiger partial charge in [0.1, 0.15) is 11.4 Å². The van der Waals surface area contributed by atoms with E-state index in [0.29, 0.717) is 40.1 Å². The summed E-state index contributed by atoms with van der Waals surface area (Å²) in [5.41, 5.74) is 7.87. The zero-order valence-corrected chi connectivity index (χ0v) is 12.9. The van der Waals surface area contributed by atoms with Crippen molar-refractivity contribution >= 4 is 28.9 Å². The lowest BCUT2D eigenvalue weighted by atomic mass is 10.2. The third kappa shape index (κ3) is 2.95. The molecule has 21 heavy (non-hydrogen) atoms. The lowest BCUT2D eigenvalue weighted by Crippen LogP contribution is -2.18. The Morgan fingerprint density at radius 3 is 2.86 bits per heavy atom. The average molecular weight is 309 g/mol. The standard InChI is InChI=1S/C14H17ClN4O2/c1-4-19-13(12(16)8(2)18-19)14(20)17-9-5-6-10(15)11(7-9)21-3/h5-7H,4,16H2,1-3H3,(H,17,20). The Labute approximate surface area is 127 Å². The van der Waals surface area contributed by atoms with Gasteiger partial charge < -0.3 is 15.8 Å². The number of hydrogen-bond donors (Lipinski definition) is 2. The number of halogens is 1. The number of amides is 1. The number of benzene rings is 1. The molecule has 2 aromatic rings. The third-order valence-electron chi connectivity index (χ3n) is 3.10. The Kier molecular flexibility index (Phi) is 4.37. The van der Waals surface area contributed by atoms with Gasteiger partial charge in [-0.05, 0) is 26.0 Å². The Bertz CT molecular complexity index is 682. The second kappa shape index (κ2) is 6.05. The van der Waals surface area contributed by atoms with Crippen LogP contribution in [0.1, 0.15) is 23.1 Å². The molecule has 1 aromatic heterocycles. The number of anilines is 2. The van der Waals surface area contributed by atoms with E-state index in [2.05, 4.69) is 10.4 Å². The first-order valence-corrected chi connectivity index (χ1v) is 6.83. The van der Waals surface area contributed by atoms with E-state index >= 15 is 0 Å². The smallest absolute Gasteiger partial charge is 0.276 e. The number of carbonyl (C=O) groups excluding carboxylic acids is 1. The molecule has 0 saturated carbocycles. The van der Waals surface area contributed by atoms with Crippen molar-refractivity contribution < 1.29 is 9.53 Å². The lowest BCUT2D eigenvalue weighted by Gasteiger charge is -2.09. The zero-order chi connectivity index (χ0) is 15.6. The summed E-state index contributed by atoms with van der Waals surface area (Å²) in [6.07, 6.45) is 0. The third-order valence-corrected chi connectivity index (χ3v) is 3.41. The molecule has 0 aliphatic rings. The van der Waals surface area contributed by atoms with Crippen molar-refractivity contribution in [2.24, 2.45) is 0 Å². The highest BCUT2D eigenvalue weighted by Crippen LogP contribution is 2.28. The summed E-state index contributed by atoms with van der Waals surface area (Å²) in [4.78, 5) is 12.4. The summed E-state index contributed by atoms with van der Waals surface area (Å²) < 4.78 is 6.70. The normalized spacial score (nSPS) is 10.5. The molecule has 6 nitrogen and oxygen atoms in total. The number of rotatable bonds is 4. The fraction of sp³-hybridized carbons (Fsp3) is 0.286. The predicted molar refractivity (Wildman–Crippen MR) is 83.0 cm³/mol. The van der Waals surface area contributed by atoms with Crippen LogP contribution in [-0.2, 0) is 6.54 Å². The van der Waals surface area contributed by atoms with Gasteiger partial charge in [-0.25, -0.2) is 0 Å². The quantitative estimate of drug-likeness (QED) is 0.909. The summed E-state index contributed by atoms with van der Waals surface area (Å²) in [7, 11) is 1.51. The van der Waals surface area contributed by atoms with Gasteiger partial charge in [-0.2, -0.15) is 5.10 Å². The second-order valence-electron chi connectivity index (χ2n) is 4.47. The van der Waals surface area contributed by atoms with E-state index in [9.17, 15) is 4.79 Å². The molecular weight excluding hydrogens is 292 g/mol. The molecule has 0 aliphatic heterocycles. The predicted octanol–water partition coefficient (Wildman–Crippen LogP) is 2.71. The Hall–Kier alpha value is -2.21. The van der Waals surface area contributed by atoms with E-state index in [4.69, 9.17) is 22.1 Å². The summed E-state index contributed by atoms with van der Waals surface area (Å²) in [6, 6.07) is 5.00. The van der Waals surface area contributed by atoms with Crippen LogP contribution < -0.4 is 15.8 Å². The van der Waals surface area contributed by atoms with E-state index in [0.717, 1.165) is 0 Å². The Morgan fingerprint density at radius 2 is 2.24 bits per heavy atom. The van der Waals surface area contributed by atoms with E-state index in [1.807, 2.05) is 6.92 Å². The van der Waals surface area contributed by atoms with Gasteiger partial charge in [-0.3, -0.25) is 9.48 Å². The van der Waals surface area contributed by atoms with Crippen LogP contribution in [0.2, 0.25) is 5.02 Å². The molecular formula is C14H17ClN4O2. The van der Waals surface area contributed by atoms with Crippen molar-refractivity contribution in [3.05, 3.63) is 34.6 Å². The second-order valence-corrected chi connectivity index (χ2v) is 4.87. The molecule has 0 bridgehead atoms. The van der Waals surface area contributed by atoms with Gasteiger partial charge in [-0.15, -0.1) is 0 Å². The lowest BCUT2D eigenvalue weighted by molar-refractivity contribution is 0.101. The van der Waals surface area contributed by atoms with Crippen LogP contribution in [0.3, 0.4) is 0 Å². The van der Waals surface area contributed by atoms with Crippen molar-refractivity contribution in [3.8, 4) is 5.75 Å². The number of nitrogens with one attached hydrogen (secondary N) is 1. The van der Waals surface area contributed by atoms with Gasteiger partial charge >= 0.3 is 0 Å². The van der Waals surface area contributed by atoms with Crippen molar-refractivity contribution in [2.75, 3.05) is 18.2 Å². The zero-order valence-electron chi connectivity index (χ0n) is 12.1. The minimum atomic E-state index is -0.320. The van der Waals surface area contributed by atoms with Gasteiger partial charge in [0.15, 0.2) is 0 Å². The summed E-state index contributed by atoms with van der Waals surface area (Å²) in [6.45, 7) is 4.22. The van der Waals surface area contributed by atoms with Gasteiger partial charge in [0.2, 0.25) is 0 Å². The molecule has 0 aliphatic carbocycles. The SMILES string of the molecule is CCn1nc(C)c(N)c1C(=O)Nc1ccc(Cl)c(OC)c1. The maximum absolute atomic E-state index is 12.4. The molecule has 112 valence electrons. The Balaban J connectivity index is 2.30. The number of aromatic nitrogens is 2. The Morgan fingerprint density at radius 1 is 1.52 bits per heavy atom. The summed E-state index contributed by atoms with van der Waals surface area (Å²) in [5, 5.41) is 7.47. The van der Waals surface area contributed by atoms with E-state index in [-0.39, 0.29) is 5.91 Å². The molecule has 2 rings (SSSR count). The average Bonchev–Trinajstić information content (AvgIpc) is 2.76. The molecule has 1 heterocycles. The monoisotopic (exact) mass is 308 g/mol. The highest BCUT2D eigenvalue weighted by Gasteiger charge is 2.19. The molecule has 3 N–H and O–H groups in total. The van der Waals surface area contributed by atoms with Crippen LogP contribution in [0.4, 0.5) is 11.4 Å². The number of nitrogens with zero attached hydrogens (tertiary/aromatic N) is 2. The number of ether oxygens (including phenoxy) is 1. The molecule has 1 aromatic carbocycles. The molecule has 0 saturated heterocycles. The minimum Gasteiger partial charge on any atom is -0.495 e. The minimum absolute atomic E-state index is 0.320. The van der Waals surface area contributed by atoms with Crippen LogP contribution in [0.5, 0.6) is 5.75 Å². The van der Waals surface area contributed by atoms with Gasteiger partial charge in [-0.1, -0.05) is 11.6 Å². The van der Waals surface area contributed by atoms with E-state index in [1.54, 1.807) is 29.8 Å². The molecule has 7 heteroatoms. The number of carbonyl (C=O) groups is 1. The van der Waals surface area contributed by atoms with Crippen molar-refractivity contribution in [3.63, 3.8) is 0 Å². The van der Waals surface area contributed by atoms with Crippen LogP contribution in [0.15, 0.2) is 18.2 Å². The van der Waals surface area contributed by atoms with Crippen molar-refractivity contribution in [1.29, 1.82) is 0 Å². The molecule has 0 atom stereocenters. The summed E-state index contributed by atoms with van der Waals surface area (Å²) in [5.74, 6) is 0.168. The van der Waals surface area contributed by atoms with E-state index in [1.165, 1.54) is 7.11 Å². The van der Waals surface area contributed by atoms with Crippen LogP contribution in [0, 0.1) is 6.92 Å². The number of hydrogen-bond acceptors (Lipinski definition) is 4. The van der Waals surface area contributed by atoms with Crippen molar-refractivity contribution in [2.45, 2.75) is 20.4 Å². The van der Waals surface area contributed by atoms with Gasteiger partial charge in [0.05, 0.1) is 23.5 Å². The summed E-state index contributed by atoms with van der Waals surface area (Å²) >= 11 is 5.95. The largest absolute Gasteiger partial charge is 0.495 e. The highest BCUT2D eigenvalue weighted by molar-refractivity contribution is 6.32. The van der Waals surface area contributed by atoms with Gasteiger partial charge in [0.25, 0.3) is 5.91 Å². The first-order valence-electron chi connectivity index (χ1n) is 6.45. The number of aryl methyl sites for hydroxylation is 2. The molecule has 1 amide bonds. The fourth-order valence-corrected chi connectivity index (χ4v) is 2.19. The first kappa shape index (κ1) is 15.2. The van der Waals surface area contributed by atoms with E-state index < -0.39 is 0 Å². The molecule has 0 radical (unpaired) electrons. The number of nitrogens with two attached hydrogens (primary N) is 1. The molecule has 0 spiro atoms. The fourth-order valence-electron chi connectivity index (χ4n) is 1.99. The topological polar surface area (TPSA) is 82.2 Å². The van der Waals surface area contributed by atoms with Crippen molar-refractivity contribution in [1.82, 2.24) is 9.78 Å². The number of nitrogen functional groups attached to an aromatic ring is 1. The first-order chi connectivity index (χ1) is 9.97. The molecule has 0 fully saturated rings. The molecule has 0 unspecified atom stereocenters. The number of methoxy groups -OCH3 is 1. The van der Waals surface area contributed by atoms with Crippen LogP contribution >= 0.6 is 11.6 Å². The van der Waals surface area contributed by atoms with Crippen LogP contribution in [0.25, 0.3) is 0 Å². The van der Waals surface area contributed by atoms with Gasteiger partial charge in [0, 0.05) is 18.3 Å². The van der Waals surface area contributed by atoms with Crippen LogP contribution in [-0.4, -0.2) is 22.8 Å². The maximum atomic E-state index is 12.4. The highest BCUT2D eigenvalue weighted by atomic mass is 35.5. The maximum Gasteiger partial charge on any atom is 0.276 e.